The first kappa shape index (κ1) is 9.96. The molecule has 1 aliphatic carbocycles. The van der Waals surface area contributed by atoms with E-state index in [4.69, 9.17) is 5.73 Å². The van der Waals surface area contributed by atoms with Crippen molar-refractivity contribution in [3.8, 4) is 0 Å². The highest BCUT2D eigenvalue weighted by atomic mass is 16.1. The van der Waals surface area contributed by atoms with E-state index in [2.05, 4.69) is 10.3 Å². The Morgan fingerprint density at radius 1 is 1.47 bits per heavy atom. The number of rotatable bonds is 2. The molecule has 0 saturated heterocycles. The molecular weight excluding hydrogens is 190 g/mol. The molecule has 0 unspecified atom stereocenters. The number of hydrogen-bond donors (Lipinski definition) is 2. The first-order valence-corrected chi connectivity index (χ1v) is 5.28. The van der Waals surface area contributed by atoms with Crippen molar-refractivity contribution in [3.05, 3.63) is 24.0 Å². The van der Waals surface area contributed by atoms with Crippen LogP contribution in [-0.4, -0.2) is 16.9 Å². The van der Waals surface area contributed by atoms with Crippen molar-refractivity contribution < 1.29 is 4.79 Å². The van der Waals surface area contributed by atoms with Gasteiger partial charge >= 0.3 is 0 Å². The summed E-state index contributed by atoms with van der Waals surface area (Å²) in [5.41, 5.74) is 6.66. The smallest absolute Gasteiger partial charge is 0.255 e. The number of hydrogen-bond acceptors (Lipinski definition) is 3. The minimum atomic E-state index is -0.104. The van der Waals surface area contributed by atoms with E-state index in [1.54, 1.807) is 12.3 Å². The summed E-state index contributed by atoms with van der Waals surface area (Å²) in [6, 6.07) is 1.96. The molecule has 0 spiro atoms. The van der Waals surface area contributed by atoms with Crippen LogP contribution in [0.2, 0.25) is 0 Å². The third kappa shape index (κ3) is 2.26. The molecule has 3 N–H and O–H groups in total. The Morgan fingerprint density at radius 2 is 2.20 bits per heavy atom. The van der Waals surface area contributed by atoms with E-state index < -0.39 is 0 Å². The van der Waals surface area contributed by atoms with Gasteiger partial charge in [0.1, 0.15) is 0 Å². The number of pyridine rings is 1. The second kappa shape index (κ2) is 4.29. The molecule has 4 nitrogen and oxygen atoms in total. The standard InChI is InChI=1S/C11H15N3O/c12-10-5-6-13-7-9(10)11(15)14-8-3-1-2-4-8/h5-8H,1-4H2,(H2,12,13)(H,14,15). The Bertz CT molecular complexity index is 359. The van der Waals surface area contributed by atoms with Crippen LogP contribution in [0.15, 0.2) is 18.5 Å². The van der Waals surface area contributed by atoms with Gasteiger partial charge in [-0.2, -0.15) is 0 Å². The fourth-order valence-electron chi connectivity index (χ4n) is 1.93. The molecule has 1 amide bonds. The second-order valence-corrected chi connectivity index (χ2v) is 3.92. The Hall–Kier alpha value is -1.58. The van der Waals surface area contributed by atoms with E-state index >= 15 is 0 Å². The van der Waals surface area contributed by atoms with Crippen LogP contribution in [0.25, 0.3) is 0 Å². The Balaban J connectivity index is 2.04. The van der Waals surface area contributed by atoms with Crippen LogP contribution < -0.4 is 11.1 Å². The molecule has 2 rings (SSSR count). The van der Waals surface area contributed by atoms with Crippen LogP contribution in [0.3, 0.4) is 0 Å². The predicted octanol–water partition coefficient (Wildman–Crippen LogP) is 1.34. The highest BCUT2D eigenvalue weighted by Gasteiger charge is 2.18. The van der Waals surface area contributed by atoms with Crippen LogP contribution in [-0.2, 0) is 0 Å². The first-order valence-electron chi connectivity index (χ1n) is 5.28. The molecule has 0 radical (unpaired) electrons. The lowest BCUT2D eigenvalue weighted by molar-refractivity contribution is 0.0938. The van der Waals surface area contributed by atoms with E-state index in [0.717, 1.165) is 12.8 Å². The number of carbonyl (C=O) groups is 1. The van der Waals surface area contributed by atoms with Gasteiger partial charge in [-0.1, -0.05) is 12.8 Å². The van der Waals surface area contributed by atoms with Crippen molar-refractivity contribution in [3.63, 3.8) is 0 Å². The molecule has 1 saturated carbocycles. The molecule has 80 valence electrons. The molecule has 1 aromatic heterocycles. The molecule has 15 heavy (non-hydrogen) atoms. The predicted molar refractivity (Wildman–Crippen MR) is 58.4 cm³/mol. The second-order valence-electron chi connectivity index (χ2n) is 3.92. The summed E-state index contributed by atoms with van der Waals surface area (Å²) in [7, 11) is 0. The summed E-state index contributed by atoms with van der Waals surface area (Å²) in [5, 5.41) is 2.98. The number of nitrogens with two attached hydrogens (primary N) is 1. The number of nitrogens with zero attached hydrogens (tertiary/aromatic N) is 1. The van der Waals surface area contributed by atoms with E-state index in [0.29, 0.717) is 17.3 Å². The van der Waals surface area contributed by atoms with Crippen molar-refractivity contribution in [2.45, 2.75) is 31.7 Å². The molecule has 1 aromatic rings. The van der Waals surface area contributed by atoms with Gasteiger partial charge in [-0.15, -0.1) is 0 Å². The number of aromatic nitrogens is 1. The summed E-state index contributed by atoms with van der Waals surface area (Å²) < 4.78 is 0. The van der Waals surface area contributed by atoms with Gasteiger partial charge in [-0.05, 0) is 18.9 Å². The number of anilines is 1. The Morgan fingerprint density at radius 3 is 2.87 bits per heavy atom. The van der Waals surface area contributed by atoms with E-state index in [9.17, 15) is 4.79 Å². The van der Waals surface area contributed by atoms with Crippen molar-refractivity contribution in [1.82, 2.24) is 10.3 Å². The van der Waals surface area contributed by atoms with Crippen molar-refractivity contribution in [2.75, 3.05) is 5.73 Å². The first-order chi connectivity index (χ1) is 7.27. The molecule has 0 aromatic carbocycles. The quantitative estimate of drug-likeness (QED) is 0.765. The summed E-state index contributed by atoms with van der Waals surface area (Å²) in [6.07, 6.45) is 7.65. The SMILES string of the molecule is Nc1ccncc1C(=O)NC1CCCC1. The summed E-state index contributed by atoms with van der Waals surface area (Å²) in [6.45, 7) is 0. The highest BCUT2D eigenvalue weighted by molar-refractivity contribution is 5.98. The zero-order valence-corrected chi connectivity index (χ0v) is 8.57. The van der Waals surface area contributed by atoms with Gasteiger partial charge in [-0.3, -0.25) is 9.78 Å². The molecular formula is C11H15N3O. The maximum atomic E-state index is 11.8. The largest absolute Gasteiger partial charge is 0.398 e. The van der Waals surface area contributed by atoms with Crippen LogP contribution in [0.5, 0.6) is 0 Å². The Labute approximate surface area is 88.9 Å². The van der Waals surface area contributed by atoms with E-state index in [1.165, 1.54) is 19.0 Å². The lowest BCUT2D eigenvalue weighted by atomic mass is 10.2. The maximum Gasteiger partial charge on any atom is 0.255 e. The number of nitrogens with one attached hydrogen (secondary N) is 1. The lowest BCUT2D eigenvalue weighted by Gasteiger charge is -2.12. The number of nitrogen functional groups attached to an aromatic ring is 1. The van der Waals surface area contributed by atoms with Gasteiger partial charge in [0, 0.05) is 24.1 Å². The third-order valence-electron chi connectivity index (χ3n) is 2.79. The van der Waals surface area contributed by atoms with Crippen LogP contribution in [0, 0.1) is 0 Å². The normalized spacial score (nSPS) is 16.5. The lowest BCUT2D eigenvalue weighted by Crippen LogP contribution is -2.33. The van der Waals surface area contributed by atoms with Crippen molar-refractivity contribution in [2.24, 2.45) is 0 Å². The molecule has 4 heteroatoms. The van der Waals surface area contributed by atoms with Gasteiger partial charge in [-0.25, -0.2) is 0 Å². The summed E-state index contributed by atoms with van der Waals surface area (Å²) >= 11 is 0. The minimum absolute atomic E-state index is 0.104. The van der Waals surface area contributed by atoms with Gasteiger partial charge in [0.05, 0.1) is 5.56 Å². The minimum Gasteiger partial charge on any atom is -0.398 e. The highest BCUT2D eigenvalue weighted by Crippen LogP contribution is 2.18. The van der Waals surface area contributed by atoms with Gasteiger partial charge in [0.2, 0.25) is 0 Å². The van der Waals surface area contributed by atoms with Gasteiger partial charge in [0.15, 0.2) is 0 Å². The monoisotopic (exact) mass is 205 g/mol. The van der Waals surface area contributed by atoms with Crippen LogP contribution in [0.4, 0.5) is 5.69 Å². The molecule has 1 heterocycles. The molecule has 1 fully saturated rings. The fraction of sp³-hybridized carbons (Fsp3) is 0.455. The van der Waals surface area contributed by atoms with Gasteiger partial charge < -0.3 is 11.1 Å². The topological polar surface area (TPSA) is 68.0 Å². The Kier molecular flexibility index (Phi) is 2.85. The van der Waals surface area contributed by atoms with Crippen molar-refractivity contribution >= 4 is 11.6 Å². The third-order valence-corrected chi connectivity index (χ3v) is 2.79. The molecule has 0 aliphatic heterocycles. The number of carbonyl (C=O) groups excluding carboxylic acids is 1. The maximum absolute atomic E-state index is 11.8. The summed E-state index contributed by atoms with van der Waals surface area (Å²) in [5.74, 6) is -0.104. The van der Waals surface area contributed by atoms with Gasteiger partial charge in [0.25, 0.3) is 5.91 Å². The van der Waals surface area contributed by atoms with E-state index in [1.807, 2.05) is 0 Å². The van der Waals surface area contributed by atoms with Crippen molar-refractivity contribution in [1.29, 1.82) is 0 Å². The fourth-order valence-corrected chi connectivity index (χ4v) is 1.93. The van der Waals surface area contributed by atoms with Crippen LogP contribution in [0.1, 0.15) is 36.0 Å². The molecule has 1 aliphatic rings. The average molecular weight is 205 g/mol. The zero-order valence-electron chi connectivity index (χ0n) is 8.57. The number of amides is 1. The molecule has 0 atom stereocenters. The average Bonchev–Trinajstić information content (AvgIpc) is 2.71. The molecule has 0 bridgehead atoms. The summed E-state index contributed by atoms with van der Waals surface area (Å²) in [4.78, 5) is 15.7. The van der Waals surface area contributed by atoms with E-state index in [-0.39, 0.29) is 5.91 Å². The van der Waals surface area contributed by atoms with Crippen LogP contribution >= 0.6 is 0 Å². The zero-order chi connectivity index (χ0) is 10.7.